The van der Waals surface area contributed by atoms with Crippen LogP contribution >= 0.6 is 0 Å². The minimum absolute atomic E-state index is 0.0418. The number of para-hydroxylation sites is 1. The second-order valence-electron chi connectivity index (χ2n) is 4.97. The van der Waals surface area contributed by atoms with Gasteiger partial charge in [0.05, 0.1) is 11.8 Å². The molecule has 0 fully saturated rings. The highest BCUT2D eigenvalue weighted by Crippen LogP contribution is 2.17. The fourth-order valence-corrected chi connectivity index (χ4v) is 1.85. The Morgan fingerprint density at radius 1 is 1.24 bits per heavy atom. The highest BCUT2D eigenvalue weighted by molar-refractivity contribution is 6.24. The van der Waals surface area contributed by atoms with Gasteiger partial charge in [-0.3, -0.25) is 4.79 Å². The summed E-state index contributed by atoms with van der Waals surface area (Å²) in [7, 11) is 3.87. The molecular formula is C16H23N3O2. The van der Waals surface area contributed by atoms with Crippen LogP contribution in [0.4, 0.5) is 5.69 Å². The van der Waals surface area contributed by atoms with Crippen molar-refractivity contribution in [2.24, 2.45) is 0 Å². The van der Waals surface area contributed by atoms with Crippen LogP contribution in [0.25, 0.3) is 0 Å². The zero-order valence-corrected chi connectivity index (χ0v) is 12.8. The molecule has 0 bridgehead atoms. The molecule has 0 aliphatic heterocycles. The largest absolute Gasteiger partial charge is 0.515 e. The van der Waals surface area contributed by atoms with Gasteiger partial charge in [0.25, 0.3) is 5.91 Å². The molecule has 0 radical (unpaired) electrons. The van der Waals surface area contributed by atoms with Gasteiger partial charge >= 0.3 is 0 Å². The molecule has 0 saturated carbocycles. The summed E-state index contributed by atoms with van der Waals surface area (Å²) in [6, 6.07) is 9.29. The number of nitrogens with one attached hydrogen (secondary N) is 1. The SMILES string of the molecule is CCC(=N)C(=CO)C(=O)N(CCN(C)C)c1ccccc1. The summed E-state index contributed by atoms with van der Waals surface area (Å²) in [5, 5.41) is 17.1. The number of likely N-dealkylation sites (N-methyl/N-ethyl adjacent to an activating group) is 1. The third-order valence-corrected chi connectivity index (χ3v) is 3.12. The van der Waals surface area contributed by atoms with Crippen molar-refractivity contribution < 1.29 is 9.90 Å². The molecule has 0 aromatic heterocycles. The summed E-state index contributed by atoms with van der Waals surface area (Å²) in [5.74, 6) is -0.350. The van der Waals surface area contributed by atoms with Gasteiger partial charge in [0.1, 0.15) is 0 Å². The molecule has 2 N–H and O–H groups in total. The Morgan fingerprint density at radius 2 is 1.86 bits per heavy atom. The second kappa shape index (κ2) is 8.21. The number of hydrogen-bond acceptors (Lipinski definition) is 4. The number of rotatable bonds is 7. The normalized spacial score (nSPS) is 11.5. The van der Waals surface area contributed by atoms with Crippen LogP contribution in [0, 0.1) is 5.41 Å². The fourth-order valence-electron chi connectivity index (χ4n) is 1.85. The lowest BCUT2D eigenvalue weighted by atomic mass is 10.1. The van der Waals surface area contributed by atoms with Crippen molar-refractivity contribution in [1.29, 1.82) is 5.41 Å². The maximum absolute atomic E-state index is 12.6. The maximum Gasteiger partial charge on any atom is 0.263 e. The van der Waals surface area contributed by atoms with Crippen molar-refractivity contribution >= 4 is 17.3 Å². The molecule has 1 amide bonds. The molecule has 0 heterocycles. The van der Waals surface area contributed by atoms with E-state index in [1.807, 2.05) is 49.3 Å². The van der Waals surface area contributed by atoms with Gasteiger partial charge in [0.15, 0.2) is 0 Å². The second-order valence-corrected chi connectivity index (χ2v) is 4.97. The van der Waals surface area contributed by atoms with E-state index in [-0.39, 0.29) is 17.2 Å². The molecule has 114 valence electrons. The topological polar surface area (TPSA) is 67.6 Å². The average molecular weight is 289 g/mol. The molecule has 1 rings (SSSR count). The number of anilines is 1. The van der Waals surface area contributed by atoms with E-state index in [1.54, 1.807) is 11.8 Å². The number of carbonyl (C=O) groups is 1. The van der Waals surface area contributed by atoms with Crippen molar-refractivity contribution in [3.05, 3.63) is 42.2 Å². The van der Waals surface area contributed by atoms with Crippen LogP contribution in [0.2, 0.25) is 0 Å². The summed E-state index contributed by atoms with van der Waals surface area (Å²) in [6.45, 7) is 2.97. The van der Waals surface area contributed by atoms with Crippen molar-refractivity contribution in [2.75, 3.05) is 32.1 Å². The first-order chi connectivity index (χ1) is 10.0. The Kier molecular flexibility index (Phi) is 6.62. The number of carbonyl (C=O) groups excluding carboxylic acids is 1. The summed E-state index contributed by atoms with van der Waals surface area (Å²) in [5.41, 5.74) is 0.931. The Hall–Kier alpha value is -2.14. The Bertz CT molecular complexity index is 510. The monoisotopic (exact) mass is 289 g/mol. The number of nitrogens with zero attached hydrogens (tertiary/aromatic N) is 2. The van der Waals surface area contributed by atoms with Crippen LogP contribution in [0.5, 0.6) is 0 Å². The van der Waals surface area contributed by atoms with E-state index in [9.17, 15) is 9.90 Å². The van der Waals surface area contributed by atoms with Crippen LogP contribution in [0.15, 0.2) is 42.2 Å². The average Bonchev–Trinajstić information content (AvgIpc) is 2.48. The summed E-state index contributed by atoms with van der Waals surface area (Å²) in [4.78, 5) is 16.2. The van der Waals surface area contributed by atoms with Gasteiger partial charge in [-0.05, 0) is 32.6 Å². The molecule has 0 saturated heterocycles. The third-order valence-electron chi connectivity index (χ3n) is 3.12. The number of benzene rings is 1. The van der Waals surface area contributed by atoms with Crippen LogP contribution in [-0.2, 0) is 4.79 Å². The predicted octanol–water partition coefficient (Wildman–Crippen LogP) is 2.45. The van der Waals surface area contributed by atoms with Gasteiger partial charge in [-0.1, -0.05) is 25.1 Å². The molecular weight excluding hydrogens is 266 g/mol. The maximum atomic E-state index is 12.6. The minimum atomic E-state index is -0.350. The quantitative estimate of drug-likeness (QED) is 0.460. The fraction of sp³-hybridized carbons (Fsp3) is 0.375. The number of aliphatic hydroxyl groups excluding tert-OH is 1. The molecule has 5 nitrogen and oxygen atoms in total. The first-order valence-corrected chi connectivity index (χ1v) is 6.95. The van der Waals surface area contributed by atoms with Gasteiger partial charge in [0, 0.05) is 24.5 Å². The van der Waals surface area contributed by atoms with Gasteiger partial charge in [0.2, 0.25) is 0 Å². The van der Waals surface area contributed by atoms with E-state index in [0.717, 1.165) is 11.9 Å². The zero-order chi connectivity index (χ0) is 15.8. The molecule has 21 heavy (non-hydrogen) atoms. The molecule has 1 aromatic rings. The zero-order valence-electron chi connectivity index (χ0n) is 12.8. The van der Waals surface area contributed by atoms with Crippen LogP contribution in [-0.4, -0.2) is 48.8 Å². The first kappa shape index (κ1) is 16.9. The molecule has 0 aliphatic rings. The Morgan fingerprint density at radius 3 is 2.33 bits per heavy atom. The summed E-state index contributed by atoms with van der Waals surface area (Å²) < 4.78 is 0. The lowest BCUT2D eigenvalue weighted by molar-refractivity contribution is -0.114. The standard InChI is InChI=1S/C16H23N3O2/c1-4-15(17)14(12-20)16(21)19(11-10-18(2)3)13-8-6-5-7-9-13/h5-9,12,17,20H,4,10-11H2,1-3H3. The third kappa shape index (κ3) is 4.72. The van der Waals surface area contributed by atoms with E-state index in [2.05, 4.69) is 0 Å². The summed E-state index contributed by atoms with van der Waals surface area (Å²) in [6.07, 6.45) is 1.13. The number of amides is 1. The van der Waals surface area contributed by atoms with Crippen molar-refractivity contribution in [2.45, 2.75) is 13.3 Å². The van der Waals surface area contributed by atoms with E-state index >= 15 is 0 Å². The molecule has 0 atom stereocenters. The molecule has 0 unspecified atom stereocenters. The van der Waals surface area contributed by atoms with Crippen LogP contribution in [0.1, 0.15) is 13.3 Å². The first-order valence-electron chi connectivity index (χ1n) is 6.95. The van der Waals surface area contributed by atoms with Crippen molar-refractivity contribution in [3.63, 3.8) is 0 Å². The van der Waals surface area contributed by atoms with Crippen LogP contribution < -0.4 is 4.90 Å². The smallest absolute Gasteiger partial charge is 0.263 e. The van der Waals surface area contributed by atoms with Crippen molar-refractivity contribution in [1.82, 2.24) is 4.90 Å². The molecule has 1 aromatic carbocycles. The molecule has 5 heteroatoms. The molecule has 0 spiro atoms. The van der Waals surface area contributed by atoms with E-state index in [0.29, 0.717) is 19.5 Å². The van der Waals surface area contributed by atoms with E-state index < -0.39 is 0 Å². The van der Waals surface area contributed by atoms with Gasteiger partial charge in [-0.2, -0.15) is 0 Å². The lowest BCUT2D eigenvalue weighted by Gasteiger charge is -2.25. The van der Waals surface area contributed by atoms with E-state index in [1.165, 1.54) is 0 Å². The minimum Gasteiger partial charge on any atom is -0.515 e. The predicted molar refractivity (Wildman–Crippen MR) is 86.1 cm³/mol. The number of hydrogen-bond donors (Lipinski definition) is 2. The Balaban J connectivity index is 3.06. The number of aliphatic hydroxyl groups is 1. The lowest BCUT2D eigenvalue weighted by Crippen LogP contribution is -2.39. The van der Waals surface area contributed by atoms with Gasteiger partial charge in [-0.25, -0.2) is 0 Å². The molecule has 0 aliphatic carbocycles. The van der Waals surface area contributed by atoms with Gasteiger partial charge in [-0.15, -0.1) is 0 Å². The Labute approximate surface area is 126 Å². The van der Waals surface area contributed by atoms with Crippen LogP contribution in [0.3, 0.4) is 0 Å². The van der Waals surface area contributed by atoms with Gasteiger partial charge < -0.3 is 20.3 Å². The summed E-state index contributed by atoms with van der Waals surface area (Å²) >= 11 is 0. The van der Waals surface area contributed by atoms with E-state index in [4.69, 9.17) is 5.41 Å². The highest BCUT2D eigenvalue weighted by Gasteiger charge is 2.22. The van der Waals surface area contributed by atoms with Crippen molar-refractivity contribution in [3.8, 4) is 0 Å². The highest BCUT2D eigenvalue weighted by atomic mass is 16.2.